The number of hydrogen-bond donors (Lipinski definition) is 2. The number of rotatable bonds is 4. The van der Waals surface area contributed by atoms with E-state index in [1.165, 1.54) is 5.56 Å². The Morgan fingerprint density at radius 3 is 2.47 bits per heavy atom. The van der Waals surface area contributed by atoms with Gasteiger partial charge in [0.05, 0.1) is 0 Å². The summed E-state index contributed by atoms with van der Waals surface area (Å²) in [6, 6.07) is 10.6. The molecule has 2 aromatic rings. The third kappa shape index (κ3) is 3.26. The molecule has 1 atom stereocenters. The Bertz CT molecular complexity index is 453. The highest BCUT2D eigenvalue weighted by Crippen LogP contribution is 2.11. The average Bonchev–Trinajstić information content (AvgIpc) is 2.39. The SMILES string of the molecule is CC(NCc1cnc(N)nc1)c1ccccc1. The van der Waals surface area contributed by atoms with Gasteiger partial charge in [0, 0.05) is 30.5 Å². The second-order valence-corrected chi connectivity index (χ2v) is 3.96. The summed E-state index contributed by atoms with van der Waals surface area (Å²) in [6.07, 6.45) is 3.49. The van der Waals surface area contributed by atoms with Gasteiger partial charge >= 0.3 is 0 Å². The molecule has 0 aliphatic heterocycles. The zero-order valence-corrected chi connectivity index (χ0v) is 9.80. The first-order chi connectivity index (χ1) is 8.25. The first kappa shape index (κ1) is 11.5. The second kappa shape index (κ2) is 5.41. The van der Waals surface area contributed by atoms with Crippen LogP contribution in [0.1, 0.15) is 24.1 Å². The van der Waals surface area contributed by atoms with Crippen LogP contribution in [0.2, 0.25) is 0 Å². The van der Waals surface area contributed by atoms with Gasteiger partial charge < -0.3 is 11.1 Å². The molecule has 3 N–H and O–H groups in total. The molecule has 0 amide bonds. The first-order valence-corrected chi connectivity index (χ1v) is 5.60. The topological polar surface area (TPSA) is 63.8 Å². The van der Waals surface area contributed by atoms with E-state index in [9.17, 15) is 0 Å². The van der Waals surface area contributed by atoms with Crippen LogP contribution < -0.4 is 11.1 Å². The summed E-state index contributed by atoms with van der Waals surface area (Å²) in [5, 5.41) is 3.41. The number of nitrogen functional groups attached to an aromatic ring is 1. The van der Waals surface area contributed by atoms with Crippen LogP contribution in [0.5, 0.6) is 0 Å². The monoisotopic (exact) mass is 228 g/mol. The molecule has 2 rings (SSSR count). The number of nitrogens with two attached hydrogens (primary N) is 1. The Morgan fingerprint density at radius 2 is 1.82 bits per heavy atom. The molecule has 0 saturated carbocycles. The zero-order valence-electron chi connectivity index (χ0n) is 9.80. The summed E-state index contributed by atoms with van der Waals surface area (Å²) in [5.41, 5.74) is 7.73. The van der Waals surface area contributed by atoms with Crippen molar-refractivity contribution in [1.29, 1.82) is 0 Å². The van der Waals surface area contributed by atoms with E-state index >= 15 is 0 Å². The molecular weight excluding hydrogens is 212 g/mol. The van der Waals surface area contributed by atoms with E-state index in [4.69, 9.17) is 5.73 Å². The van der Waals surface area contributed by atoms with E-state index in [2.05, 4.69) is 34.3 Å². The van der Waals surface area contributed by atoms with E-state index in [0.29, 0.717) is 12.0 Å². The zero-order chi connectivity index (χ0) is 12.1. The molecule has 1 aromatic heterocycles. The summed E-state index contributed by atoms with van der Waals surface area (Å²) in [5.74, 6) is 0.310. The normalized spacial score (nSPS) is 12.3. The van der Waals surface area contributed by atoms with Crippen molar-refractivity contribution < 1.29 is 0 Å². The molecule has 0 spiro atoms. The molecule has 1 aromatic carbocycles. The fraction of sp³-hybridized carbons (Fsp3) is 0.231. The van der Waals surface area contributed by atoms with Gasteiger partial charge in [-0.3, -0.25) is 0 Å². The smallest absolute Gasteiger partial charge is 0.219 e. The lowest BCUT2D eigenvalue weighted by Crippen LogP contribution is -2.18. The fourth-order valence-corrected chi connectivity index (χ4v) is 1.59. The molecule has 0 aliphatic carbocycles. The van der Waals surface area contributed by atoms with Crippen molar-refractivity contribution >= 4 is 5.95 Å². The van der Waals surface area contributed by atoms with E-state index in [0.717, 1.165) is 12.1 Å². The summed E-state index contributed by atoms with van der Waals surface area (Å²) in [7, 11) is 0. The predicted molar refractivity (Wildman–Crippen MR) is 68.1 cm³/mol. The lowest BCUT2D eigenvalue weighted by molar-refractivity contribution is 0.573. The van der Waals surface area contributed by atoms with Gasteiger partial charge in [0.15, 0.2) is 0 Å². The van der Waals surface area contributed by atoms with Crippen LogP contribution in [-0.4, -0.2) is 9.97 Å². The van der Waals surface area contributed by atoms with Crippen LogP contribution in [0, 0.1) is 0 Å². The number of nitrogens with one attached hydrogen (secondary N) is 1. The van der Waals surface area contributed by atoms with Crippen molar-refractivity contribution in [3.05, 3.63) is 53.9 Å². The Morgan fingerprint density at radius 1 is 1.18 bits per heavy atom. The standard InChI is InChI=1S/C13H16N4/c1-10(12-5-3-2-4-6-12)15-7-11-8-16-13(14)17-9-11/h2-6,8-10,15H,7H2,1H3,(H2,14,16,17). The molecule has 4 heteroatoms. The molecule has 17 heavy (non-hydrogen) atoms. The molecule has 1 unspecified atom stereocenters. The predicted octanol–water partition coefficient (Wildman–Crippen LogP) is 1.91. The maximum Gasteiger partial charge on any atom is 0.219 e. The van der Waals surface area contributed by atoms with Crippen LogP contribution in [0.4, 0.5) is 5.95 Å². The van der Waals surface area contributed by atoms with Crippen LogP contribution in [-0.2, 0) is 6.54 Å². The minimum absolute atomic E-state index is 0.300. The molecular formula is C13H16N4. The summed E-state index contributed by atoms with van der Waals surface area (Å²) in [4.78, 5) is 7.91. The average molecular weight is 228 g/mol. The molecule has 0 saturated heterocycles. The molecule has 1 heterocycles. The van der Waals surface area contributed by atoms with Gasteiger partial charge in [-0.25, -0.2) is 9.97 Å². The summed E-state index contributed by atoms with van der Waals surface area (Å²) < 4.78 is 0. The quantitative estimate of drug-likeness (QED) is 0.839. The minimum Gasteiger partial charge on any atom is -0.368 e. The van der Waals surface area contributed by atoms with Crippen LogP contribution in [0.25, 0.3) is 0 Å². The molecule has 88 valence electrons. The lowest BCUT2D eigenvalue weighted by atomic mass is 10.1. The largest absolute Gasteiger partial charge is 0.368 e. The van der Waals surface area contributed by atoms with Gasteiger partial charge in [-0.05, 0) is 12.5 Å². The van der Waals surface area contributed by atoms with E-state index in [1.807, 2.05) is 18.2 Å². The fourth-order valence-electron chi connectivity index (χ4n) is 1.59. The number of benzene rings is 1. The van der Waals surface area contributed by atoms with E-state index in [-0.39, 0.29) is 0 Å². The third-order valence-corrected chi connectivity index (χ3v) is 2.64. The van der Waals surface area contributed by atoms with Crippen molar-refractivity contribution in [3.63, 3.8) is 0 Å². The van der Waals surface area contributed by atoms with Crippen LogP contribution in [0.15, 0.2) is 42.7 Å². The molecule has 0 aliphatic rings. The van der Waals surface area contributed by atoms with Crippen molar-refractivity contribution in [2.45, 2.75) is 19.5 Å². The van der Waals surface area contributed by atoms with Gasteiger partial charge in [-0.15, -0.1) is 0 Å². The van der Waals surface area contributed by atoms with Gasteiger partial charge in [0.1, 0.15) is 0 Å². The van der Waals surface area contributed by atoms with Crippen molar-refractivity contribution in [2.24, 2.45) is 0 Å². The highest BCUT2D eigenvalue weighted by Gasteiger charge is 2.03. The Kier molecular flexibility index (Phi) is 3.67. The van der Waals surface area contributed by atoms with Crippen molar-refractivity contribution in [1.82, 2.24) is 15.3 Å². The molecule has 0 radical (unpaired) electrons. The van der Waals surface area contributed by atoms with Crippen LogP contribution >= 0.6 is 0 Å². The third-order valence-electron chi connectivity index (χ3n) is 2.64. The Balaban J connectivity index is 1.92. The van der Waals surface area contributed by atoms with Crippen LogP contribution in [0.3, 0.4) is 0 Å². The lowest BCUT2D eigenvalue weighted by Gasteiger charge is -2.13. The Labute approximate surface area is 101 Å². The van der Waals surface area contributed by atoms with Gasteiger partial charge in [0.2, 0.25) is 5.95 Å². The number of aromatic nitrogens is 2. The van der Waals surface area contributed by atoms with Gasteiger partial charge in [-0.1, -0.05) is 30.3 Å². The summed E-state index contributed by atoms with van der Waals surface area (Å²) >= 11 is 0. The van der Waals surface area contributed by atoms with E-state index < -0.39 is 0 Å². The Hall–Kier alpha value is -1.94. The van der Waals surface area contributed by atoms with E-state index in [1.54, 1.807) is 12.4 Å². The minimum atomic E-state index is 0.300. The molecule has 0 bridgehead atoms. The summed E-state index contributed by atoms with van der Waals surface area (Å²) in [6.45, 7) is 2.86. The maximum atomic E-state index is 5.43. The van der Waals surface area contributed by atoms with Crippen molar-refractivity contribution in [2.75, 3.05) is 5.73 Å². The highest BCUT2D eigenvalue weighted by molar-refractivity contribution is 5.19. The van der Waals surface area contributed by atoms with Gasteiger partial charge in [-0.2, -0.15) is 0 Å². The number of nitrogens with zero attached hydrogens (tertiary/aromatic N) is 2. The van der Waals surface area contributed by atoms with Crippen molar-refractivity contribution in [3.8, 4) is 0 Å². The number of hydrogen-bond acceptors (Lipinski definition) is 4. The molecule has 0 fully saturated rings. The number of anilines is 1. The second-order valence-electron chi connectivity index (χ2n) is 3.96. The maximum absolute atomic E-state index is 5.43. The van der Waals surface area contributed by atoms with Gasteiger partial charge in [0.25, 0.3) is 0 Å². The highest BCUT2D eigenvalue weighted by atomic mass is 15.0. The first-order valence-electron chi connectivity index (χ1n) is 5.60. The molecule has 4 nitrogen and oxygen atoms in total.